The van der Waals surface area contributed by atoms with Gasteiger partial charge < -0.3 is 5.11 Å². The highest BCUT2D eigenvalue weighted by Crippen LogP contribution is 2.39. The first-order valence-electron chi connectivity index (χ1n) is 3.82. The number of thiol groups is 1. The van der Waals surface area contributed by atoms with Gasteiger partial charge in [-0.15, -0.1) is 12.6 Å². The summed E-state index contributed by atoms with van der Waals surface area (Å²) < 4.78 is 25.9. The van der Waals surface area contributed by atoms with E-state index in [4.69, 9.17) is 0 Å². The Morgan fingerprint density at radius 3 is 2.71 bits per heavy atom. The van der Waals surface area contributed by atoms with E-state index in [-0.39, 0.29) is 15.5 Å². The van der Waals surface area contributed by atoms with E-state index in [1.165, 1.54) is 12.1 Å². The average molecular weight is 232 g/mol. The fourth-order valence-corrected chi connectivity index (χ4v) is 2.45. The summed E-state index contributed by atoms with van der Waals surface area (Å²) in [5, 5.41) is 9.63. The van der Waals surface area contributed by atoms with Crippen molar-refractivity contribution in [3.05, 3.63) is 23.8 Å². The van der Waals surface area contributed by atoms with Gasteiger partial charge in [-0.2, -0.15) is 0 Å². The van der Waals surface area contributed by atoms with Gasteiger partial charge in [-0.25, -0.2) is 8.78 Å². The Bertz CT molecular complexity index is 479. The third kappa shape index (κ3) is 1.46. The molecule has 1 N–H and O–H groups in total. The van der Waals surface area contributed by atoms with Crippen molar-refractivity contribution in [1.82, 2.24) is 0 Å². The first kappa shape index (κ1) is 9.73. The average Bonchev–Trinajstić information content (AvgIpc) is 2.43. The molecule has 1 aromatic heterocycles. The van der Waals surface area contributed by atoms with E-state index >= 15 is 0 Å². The van der Waals surface area contributed by atoms with E-state index in [1.807, 2.05) is 0 Å². The highest BCUT2D eigenvalue weighted by atomic mass is 32.1. The van der Waals surface area contributed by atoms with Crippen molar-refractivity contribution >= 4 is 34.1 Å². The molecule has 14 heavy (non-hydrogen) atoms. The van der Waals surface area contributed by atoms with E-state index < -0.39 is 6.43 Å². The number of benzene rings is 1. The molecular weight excluding hydrogens is 226 g/mol. The lowest BCUT2D eigenvalue weighted by Gasteiger charge is -2.04. The van der Waals surface area contributed by atoms with Crippen molar-refractivity contribution in [3.8, 4) is 5.06 Å². The molecule has 5 heteroatoms. The molecule has 0 aliphatic heterocycles. The molecule has 0 amide bonds. The van der Waals surface area contributed by atoms with Crippen LogP contribution in [0, 0.1) is 0 Å². The zero-order valence-corrected chi connectivity index (χ0v) is 8.58. The highest BCUT2D eigenvalue weighted by molar-refractivity contribution is 7.80. The van der Waals surface area contributed by atoms with Gasteiger partial charge in [0.15, 0.2) is 5.06 Å². The summed E-state index contributed by atoms with van der Waals surface area (Å²) in [6.07, 6.45) is -2.57. The van der Waals surface area contributed by atoms with Crippen LogP contribution >= 0.6 is 24.0 Å². The van der Waals surface area contributed by atoms with Crippen LogP contribution in [0.2, 0.25) is 0 Å². The molecule has 0 aliphatic rings. The summed E-state index contributed by atoms with van der Waals surface area (Å²) in [6.45, 7) is 0. The maximum Gasteiger partial charge on any atom is 0.265 e. The fourth-order valence-electron chi connectivity index (χ4n) is 1.34. The molecule has 0 fully saturated rings. The molecule has 0 aliphatic carbocycles. The SMILES string of the molecule is Oc1cc2c(C(F)F)c(S)ccc2s1. The third-order valence-corrected chi connectivity index (χ3v) is 3.22. The molecule has 0 saturated carbocycles. The monoisotopic (exact) mass is 232 g/mol. The van der Waals surface area contributed by atoms with Crippen LogP contribution in [0.1, 0.15) is 12.0 Å². The standard InChI is InChI=1S/C9H6F2OS2/c10-9(11)8-4-3-7(12)14-6(4)2-1-5(8)13/h1-3,9,12-13H. The maximum absolute atomic E-state index is 12.6. The molecule has 0 radical (unpaired) electrons. The van der Waals surface area contributed by atoms with Gasteiger partial charge in [0.25, 0.3) is 6.43 Å². The van der Waals surface area contributed by atoms with Gasteiger partial charge in [0.1, 0.15) is 0 Å². The van der Waals surface area contributed by atoms with Crippen molar-refractivity contribution in [2.24, 2.45) is 0 Å². The minimum atomic E-state index is -2.57. The Morgan fingerprint density at radius 1 is 1.36 bits per heavy atom. The van der Waals surface area contributed by atoms with Gasteiger partial charge in [0, 0.05) is 20.5 Å². The van der Waals surface area contributed by atoms with Gasteiger partial charge in [-0.05, 0) is 18.2 Å². The largest absolute Gasteiger partial charge is 0.499 e. The van der Waals surface area contributed by atoms with Crippen LogP contribution in [0.5, 0.6) is 5.06 Å². The summed E-state index contributed by atoms with van der Waals surface area (Å²) in [7, 11) is 0. The summed E-state index contributed by atoms with van der Waals surface area (Å²) in [4.78, 5) is 0.255. The number of thiophene rings is 1. The summed E-state index contributed by atoms with van der Waals surface area (Å²) in [5.74, 6) is 0. The number of rotatable bonds is 1. The molecule has 0 saturated heterocycles. The highest BCUT2D eigenvalue weighted by Gasteiger charge is 2.16. The van der Waals surface area contributed by atoms with Crippen LogP contribution in [0.3, 0.4) is 0 Å². The predicted molar refractivity (Wildman–Crippen MR) is 55.7 cm³/mol. The minimum absolute atomic E-state index is 0.0424. The number of halogens is 2. The number of aromatic hydroxyl groups is 1. The predicted octanol–water partition coefficient (Wildman–Crippen LogP) is 3.83. The number of alkyl halides is 2. The molecule has 0 unspecified atom stereocenters. The third-order valence-electron chi connectivity index (χ3n) is 1.92. The molecule has 1 heterocycles. The molecule has 0 spiro atoms. The number of fused-ring (bicyclic) bond motifs is 1. The zero-order chi connectivity index (χ0) is 10.3. The molecule has 2 aromatic rings. The maximum atomic E-state index is 12.6. The lowest BCUT2D eigenvalue weighted by molar-refractivity contribution is 0.150. The lowest BCUT2D eigenvalue weighted by atomic mass is 10.1. The van der Waals surface area contributed by atoms with E-state index in [2.05, 4.69) is 12.6 Å². The first-order chi connectivity index (χ1) is 6.59. The van der Waals surface area contributed by atoms with E-state index in [9.17, 15) is 13.9 Å². The van der Waals surface area contributed by atoms with E-state index in [0.717, 1.165) is 11.3 Å². The van der Waals surface area contributed by atoms with Crippen molar-refractivity contribution in [3.63, 3.8) is 0 Å². The Hall–Kier alpha value is -0.810. The van der Waals surface area contributed by atoms with E-state index in [0.29, 0.717) is 10.1 Å². The van der Waals surface area contributed by atoms with Gasteiger partial charge >= 0.3 is 0 Å². The van der Waals surface area contributed by atoms with Crippen LogP contribution in [0.4, 0.5) is 8.78 Å². The summed E-state index contributed by atoms with van der Waals surface area (Å²) >= 11 is 5.05. The van der Waals surface area contributed by atoms with Gasteiger partial charge in [-0.3, -0.25) is 0 Å². The van der Waals surface area contributed by atoms with Crippen LogP contribution in [0.15, 0.2) is 23.1 Å². The smallest absolute Gasteiger partial charge is 0.265 e. The molecular formula is C9H6F2OS2. The summed E-state index contributed by atoms with van der Waals surface area (Å²) in [5.41, 5.74) is -0.109. The second-order valence-corrected chi connectivity index (χ2v) is 4.34. The van der Waals surface area contributed by atoms with Crippen molar-refractivity contribution < 1.29 is 13.9 Å². The molecule has 0 atom stereocenters. The molecule has 1 aromatic carbocycles. The molecule has 1 nitrogen and oxygen atoms in total. The van der Waals surface area contributed by atoms with Crippen molar-refractivity contribution in [2.45, 2.75) is 11.3 Å². The Labute approximate surface area is 88.4 Å². The molecule has 2 rings (SSSR count). The van der Waals surface area contributed by atoms with E-state index in [1.54, 1.807) is 6.07 Å². The van der Waals surface area contributed by atoms with Gasteiger partial charge in [0.05, 0.1) is 0 Å². The minimum Gasteiger partial charge on any atom is -0.499 e. The summed E-state index contributed by atoms with van der Waals surface area (Å²) in [6, 6.07) is 4.54. The Kier molecular flexibility index (Phi) is 2.36. The topological polar surface area (TPSA) is 20.2 Å². The van der Waals surface area contributed by atoms with Crippen LogP contribution in [-0.2, 0) is 0 Å². The Morgan fingerprint density at radius 2 is 2.07 bits per heavy atom. The van der Waals surface area contributed by atoms with Crippen molar-refractivity contribution in [1.29, 1.82) is 0 Å². The van der Waals surface area contributed by atoms with Crippen molar-refractivity contribution in [2.75, 3.05) is 0 Å². The van der Waals surface area contributed by atoms with Crippen LogP contribution in [0.25, 0.3) is 10.1 Å². The number of hydrogen-bond donors (Lipinski definition) is 2. The second-order valence-electron chi connectivity index (χ2n) is 2.80. The zero-order valence-electron chi connectivity index (χ0n) is 6.87. The Balaban J connectivity index is 2.82. The quantitative estimate of drug-likeness (QED) is 0.716. The number of hydrogen-bond acceptors (Lipinski definition) is 3. The van der Waals surface area contributed by atoms with Crippen LogP contribution < -0.4 is 0 Å². The molecule has 74 valence electrons. The fraction of sp³-hybridized carbons (Fsp3) is 0.111. The lowest BCUT2D eigenvalue weighted by Crippen LogP contribution is -1.86. The second kappa shape index (κ2) is 3.40. The molecule has 0 bridgehead atoms. The van der Waals surface area contributed by atoms with Gasteiger partial charge in [0.2, 0.25) is 0 Å². The van der Waals surface area contributed by atoms with Crippen LogP contribution in [-0.4, -0.2) is 5.11 Å². The first-order valence-corrected chi connectivity index (χ1v) is 5.08. The van der Waals surface area contributed by atoms with Gasteiger partial charge in [-0.1, -0.05) is 11.3 Å². The normalized spacial score (nSPS) is 11.4.